The summed E-state index contributed by atoms with van der Waals surface area (Å²) in [5, 5.41) is 23.1. The second-order valence-electron chi connectivity index (χ2n) is 8.98. The topological polar surface area (TPSA) is 101 Å². The van der Waals surface area contributed by atoms with Crippen LogP contribution in [0.2, 0.25) is 0 Å². The van der Waals surface area contributed by atoms with E-state index in [1.165, 1.54) is 30.6 Å². The van der Waals surface area contributed by atoms with Gasteiger partial charge in [0.2, 0.25) is 5.91 Å². The maximum Gasteiger partial charge on any atom is 0.257 e. The summed E-state index contributed by atoms with van der Waals surface area (Å²) in [5.74, 6) is -4.17. The summed E-state index contributed by atoms with van der Waals surface area (Å²) < 4.78 is 45.4. The van der Waals surface area contributed by atoms with Crippen LogP contribution in [-0.2, 0) is 11.3 Å². The lowest BCUT2D eigenvalue weighted by molar-refractivity contribution is -0.605. The van der Waals surface area contributed by atoms with E-state index in [2.05, 4.69) is 10.3 Å². The third kappa shape index (κ3) is 5.49. The number of aromatic nitrogens is 3. The molecule has 3 aromatic rings. The van der Waals surface area contributed by atoms with Crippen LogP contribution in [-0.4, -0.2) is 45.4 Å². The standard InChI is InChI=1S/C25H25F3N6O2/c1-16(32-8-5-25(27,28)22(14-32)20-3-6-34(36)7-4-20)24(35)31-23-15-33(17(2)30-23)13-19-9-18(12-29)10-21(26)11-19/h3-4,6-7,9-11,15-16,22H,5,8,13-14H2,1-2H3,(H,31,35)/t16-,22-/m1/s1. The Hall–Kier alpha value is -3.91. The molecule has 0 aliphatic carbocycles. The van der Waals surface area contributed by atoms with Crippen LogP contribution in [0.1, 0.15) is 41.8 Å². The fraction of sp³-hybridized carbons (Fsp3) is 0.360. The Kier molecular flexibility index (Phi) is 6.99. The molecule has 2 aromatic heterocycles. The van der Waals surface area contributed by atoms with Crippen LogP contribution in [0.25, 0.3) is 0 Å². The van der Waals surface area contributed by atoms with Crippen LogP contribution in [0, 0.1) is 29.3 Å². The van der Waals surface area contributed by atoms with E-state index in [0.29, 0.717) is 21.7 Å². The molecule has 3 heterocycles. The number of rotatable bonds is 6. The molecule has 1 fully saturated rings. The van der Waals surface area contributed by atoms with Crippen molar-refractivity contribution in [2.75, 3.05) is 18.4 Å². The zero-order chi connectivity index (χ0) is 26.0. The summed E-state index contributed by atoms with van der Waals surface area (Å²) in [6, 6.07) is 8.03. The van der Waals surface area contributed by atoms with Crippen molar-refractivity contribution >= 4 is 11.7 Å². The Morgan fingerprint density at radius 1 is 1.36 bits per heavy atom. The number of aryl methyl sites for hydroxylation is 1. The average molecular weight is 499 g/mol. The number of hydrogen-bond acceptors (Lipinski definition) is 5. The number of carbonyl (C=O) groups is 1. The minimum atomic E-state index is -2.96. The van der Waals surface area contributed by atoms with Gasteiger partial charge >= 0.3 is 0 Å². The molecule has 1 amide bonds. The SMILES string of the molecule is Cc1nc(NC(=O)[C@@H](C)N2CCC(F)(F)[C@@H](c3cc[n+]([O-])cc3)C2)cn1Cc1cc(F)cc(C#N)c1. The Balaban J connectivity index is 1.44. The molecule has 0 bridgehead atoms. The molecule has 11 heteroatoms. The van der Waals surface area contributed by atoms with Gasteiger partial charge in [-0.1, -0.05) is 0 Å². The molecule has 188 valence electrons. The van der Waals surface area contributed by atoms with Gasteiger partial charge in [0, 0.05) is 44.4 Å². The summed E-state index contributed by atoms with van der Waals surface area (Å²) in [5.41, 5.74) is 1.12. The Morgan fingerprint density at radius 2 is 2.08 bits per heavy atom. The monoisotopic (exact) mass is 498 g/mol. The van der Waals surface area contributed by atoms with Gasteiger partial charge in [-0.25, -0.2) is 18.2 Å². The quantitative estimate of drug-likeness (QED) is 0.415. The first-order chi connectivity index (χ1) is 17.1. The highest BCUT2D eigenvalue weighted by molar-refractivity contribution is 5.93. The summed E-state index contributed by atoms with van der Waals surface area (Å²) >= 11 is 0. The number of hydrogen-bond donors (Lipinski definition) is 1. The van der Waals surface area contributed by atoms with Gasteiger partial charge in [-0.05, 0) is 43.2 Å². The predicted molar refractivity (Wildman–Crippen MR) is 125 cm³/mol. The van der Waals surface area contributed by atoms with E-state index in [-0.39, 0.29) is 31.0 Å². The van der Waals surface area contributed by atoms with Crippen LogP contribution < -0.4 is 10.0 Å². The lowest BCUT2D eigenvalue weighted by Gasteiger charge is -2.40. The van der Waals surface area contributed by atoms with Crippen molar-refractivity contribution in [1.82, 2.24) is 14.5 Å². The highest BCUT2D eigenvalue weighted by Crippen LogP contribution is 2.40. The van der Waals surface area contributed by atoms with Gasteiger partial charge in [0.15, 0.2) is 18.2 Å². The normalized spacial score (nSPS) is 18.4. The molecule has 2 atom stereocenters. The number of nitriles is 1. The number of amides is 1. The highest BCUT2D eigenvalue weighted by atomic mass is 19.3. The highest BCUT2D eigenvalue weighted by Gasteiger charge is 2.46. The molecule has 1 N–H and O–H groups in total. The summed E-state index contributed by atoms with van der Waals surface area (Å²) in [4.78, 5) is 19.0. The van der Waals surface area contributed by atoms with E-state index in [0.717, 1.165) is 6.07 Å². The lowest BCUT2D eigenvalue weighted by atomic mass is 9.87. The van der Waals surface area contributed by atoms with E-state index >= 15 is 0 Å². The van der Waals surface area contributed by atoms with Crippen LogP contribution in [0.3, 0.4) is 0 Å². The zero-order valence-corrected chi connectivity index (χ0v) is 19.8. The van der Waals surface area contributed by atoms with Crippen molar-refractivity contribution in [3.8, 4) is 6.07 Å². The Bertz CT molecular complexity index is 1300. The summed E-state index contributed by atoms with van der Waals surface area (Å²) in [6.45, 7) is 3.62. The predicted octanol–water partition coefficient (Wildman–Crippen LogP) is 3.34. The van der Waals surface area contributed by atoms with Gasteiger partial charge in [-0.2, -0.15) is 9.99 Å². The molecule has 0 saturated carbocycles. The van der Waals surface area contributed by atoms with Crippen molar-refractivity contribution in [2.24, 2.45) is 0 Å². The number of piperidine rings is 1. The minimum Gasteiger partial charge on any atom is -0.619 e. The Labute approximate surface area is 206 Å². The van der Waals surface area contributed by atoms with Gasteiger partial charge in [0.05, 0.1) is 23.6 Å². The van der Waals surface area contributed by atoms with Crippen LogP contribution in [0.4, 0.5) is 19.0 Å². The number of pyridine rings is 1. The first-order valence-electron chi connectivity index (χ1n) is 11.4. The van der Waals surface area contributed by atoms with E-state index < -0.39 is 36.0 Å². The van der Waals surface area contributed by atoms with E-state index in [9.17, 15) is 23.2 Å². The molecule has 0 spiro atoms. The van der Waals surface area contributed by atoms with Crippen molar-refractivity contribution in [2.45, 2.75) is 44.7 Å². The molecular formula is C25H25F3N6O2. The van der Waals surface area contributed by atoms with Crippen LogP contribution in [0.5, 0.6) is 0 Å². The number of carbonyl (C=O) groups excluding carboxylic acids is 1. The van der Waals surface area contributed by atoms with E-state index in [4.69, 9.17) is 5.26 Å². The number of anilines is 1. The number of likely N-dealkylation sites (tertiary alicyclic amines) is 1. The molecule has 1 saturated heterocycles. The molecular weight excluding hydrogens is 473 g/mol. The number of nitrogens with one attached hydrogen (secondary N) is 1. The average Bonchev–Trinajstić information content (AvgIpc) is 3.16. The summed E-state index contributed by atoms with van der Waals surface area (Å²) in [6.07, 6.45) is 3.56. The fourth-order valence-corrected chi connectivity index (χ4v) is 4.41. The minimum absolute atomic E-state index is 0.0424. The van der Waals surface area contributed by atoms with Crippen molar-refractivity contribution in [1.29, 1.82) is 5.26 Å². The van der Waals surface area contributed by atoms with Crippen LogP contribution >= 0.6 is 0 Å². The van der Waals surface area contributed by atoms with Gasteiger partial charge in [-0.3, -0.25) is 9.69 Å². The van der Waals surface area contributed by atoms with Gasteiger partial charge in [-0.15, -0.1) is 0 Å². The number of imidazole rings is 1. The van der Waals surface area contributed by atoms with Gasteiger partial charge in [0.1, 0.15) is 11.6 Å². The maximum absolute atomic E-state index is 14.7. The van der Waals surface area contributed by atoms with Gasteiger partial charge in [0.25, 0.3) is 5.92 Å². The van der Waals surface area contributed by atoms with Crippen molar-refractivity contribution < 1.29 is 22.7 Å². The molecule has 36 heavy (non-hydrogen) atoms. The number of alkyl halides is 2. The smallest absolute Gasteiger partial charge is 0.257 e. The Morgan fingerprint density at radius 3 is 2.78 bits per heavy atom. The molecule has 0 radical (unpaired) electrons. The molecule has 1 aliphatic rings. The zero-order valence-electron chi connectivity index (χ0n) is 19.8. The summed E-state index contributed by atoms with van der Waals surface area (Å²) in [7, 11) is 0. The van der Waals surface area contributed by atoms with Crippen LogP contribution in [0.15, 0.2) is 48.9 Å². The third-order valence-electron chi connectivity index (χ3n) is 6.48. The molecule has 8 nitrogen and oxygen atoms in total. The molecule has 4 rings (SSSR count). The molecule has 1 aromatic carbocycles. The van der Waals surface area contributed by atoms with Gasteiger partial charge < -0.3 is 15.1 Å². The number of benzene rings is 1. The maximum atomic E-state index is 14.7. The number of halogens is 3. The third-order valence-corrected chi connectivity index (χ3v) is 6.48. The first-order valence-corrected chi connectivity index (χ1v) is 11.4. The fourth-order valence-electron chi connectivity index (χ4n) is 4.41. The van der Waals surface area contributed by atoms with Crippen molar-refractivity contribution in [3.63, 3.8) is 0 Å². The van der Waals surface area contributed by atoms with E-state index in [1.54, 1.807) is 35.6 Å². The molecule has 0 unspecified atom stereocenters. The second-order valence-corrected chi connectivity index (χ2v) is 8.98. The van der Waals surface area contributed by atoms with Crippen molar-refractivity contribution in [3.05, 3.63) is 82.5 Å². The first kappa shape index (κ1) is 25.2. The number of nitrogens with zero attached hydrogens (tertiary/aromatic N) is 5. The largest absolute Gasteiger partial charge is 0.619 e. The lowest BCUT2D eigenvalue weighted by Crippen LogP contribution is -2.52. The van der Waals surface area contributed by atoms with E-state index in [1.807, 2.05) is 6.07 Å². The second kappa shape index (κ2) is 9.99. The molecule has 1 aliphatic heterocycles.